The van der Waals surface area contributed by atoms with Gasteiger partial charge in [-0.25, -0.2) is 9.97 Å². The second-order valence-corrected chi connectivity index (χ2v) is 6.32. The minimum atomic E-state index is 0.402. The van der Waals surface area contributed by atoms with Gasteiger partial charge in [-0.15, -0.1) is 0 Å². The number of aryl methyl sites for hydroxylation is 1. The highest BCUT2D eigenvalue weighted by atomic mass is 16.5. The summed E-state index contributed by atoms with van der Waals surface area (Å²) in [6, 6.07) is 15.7. The lowest BCUT2D eigenvalue weighted by Crippen LogP contribution is -2.06. The smallest absolute Gasteiger partial charge is 0.159 e. The second kappa shape index (κ2) is 7.40. The molecule has 7 nitrogen and oxygen atoms in total. The lowest BCUT2D eigenvalue weighted by Gasteiger charge is -2.15. The Morgan fingerprint density at radius 3 is 2.43 bits per heavy atom. The molecule has 0 radical (unpaired) electrons. The first-order valence-corrected chi connectivity index (χ1v) is 8.78. The minimum absolute atomic E-state index is 0.402. The number of fused-ring (bicyclic) bond motifs is 1. The number of para-hydroxylation sites is 1. The number of ether oxygens (including phenoxy) is 1. The summed E-state index contributed by atoms with van der Waals surface area (Å²) in [5.74, 6) is 1.70. The Balaban J connectivity index is 1.68. The van der Waals surface area contributed by atoms with Gasteiger partial charge in [0.1, 0.15) is 17.8 Å². The average molecular weight is 372 g/mol. The van der Waals surface area contributed by atoms with E-state index < -0.39 is 0 Å². The van der Waals surface area contributed by atoms with Crippen molar-refractivity contribution in [1.29, 1.82) is 0 Å². The molecule has 2 heterocycles. The molecular weight excluding hydrogens is 352 g/mol. The number of hydrogen-bond donors (Lipinski definition) is 3. The fourth-order valence-corrected chi connectivity index (χ4v) is 2.97. The maximum Gasteiger partial charge on any atom is 0.159 e. The molecule has 4 rings (SSSR count). The van der Waals surface area contributed by atoms with Gasteiger partial charge in [0.2, 0.25) is 0 Å². The summed E-state index contributed by atoms with van der Waals surface area (Å²) in [6.45, 7) is 2.01. The summed E-state index contributed by atoms with van der Waals surface area (Å²) in [6.07, 6.45) is 3.22. The van der Waals surface area contributed by atoms with E-state index in [4.69, 9.17) is 10.5 Å². The highest BCUT2D eigenvalue weighted by Gasteiger charge is 2.12. The van der Waals surface area contributed by atoms with Crippen molar-refractivity contribution in [3.8, 4) is 5.75 Å². The molecule has 2 aromatic heterocycles. The Kier molecular flexibility index (Phi) is 4.63. The first-order chi connectivity index (χ1) is 13.7. The SMILES string of the molecule is COc1ccc(C)cc1Nc1ncnc(Nc2cccc3cccnc23)c1N. The zero-order valence-electron chi connectivity index (χ0n) is 15.6. The van der Waals surface area contributed by atoms with Crippen LogP contribution in [0.1, 0.15) is 5.56 Å². The fourth-order valence-electron chi connectivity index (χ4n) is 2.97. The summed E-state index contributed by atoms with van der Waals surface area (Å²) < 4.78 is 5.42. The molecule has 0 saturated carbocycles. The van der Waals surface area contributed by atoms with Crippen molar-refractivity contribution in [3.63, 3.8) is 0 Å². The molecule has 0 aliphatic carbocycles. The average Bonchev–Trinajstić information content (AvgIpc) is 2.71. The molecule has 2 aromatic carbocycles. The summed E-state index contributed by atoms with van der Waals surface area (Å²) in [7, 11) is 1.62. The zero-order valence-corrected chi connectivity index (χ0v) is 15.6. The van der Waals surface area contributed by atoms with E-state index in [1.807, 2.05) is 55.5 Å². The molecule has 0 unspecified atom stereocenters. The number of benzene rings is 2. The molecule has 140 valence electrons. The van der Waals surface area contributed by atoms with E-state index in [0.717, 1.165) is 27.8 Å². The largest absolute Gasteiger partial charge is 0.495 e. The number of rotatable bonds is 5. The molecule has 28 heavy (non-hydrogen) atoms. The summed E-state index contributed by atoms with van der Waals surface area (Å²) in [4.78, 5) is 13.0. The van der Waals surface area contributed by atoms with Crippen LogP contribution < -0.4 is 21.1 Å². The predicted octanol–water partition coefficient (Wildman–Crippen LogP) is 4.41. The molecule has 0 atom stereocenters. The van der Waals surface area contributed by atoms with E-state index in [2.05, 4.69) is 25.6 Å². The van der Waals surface area contributed by atoms with Gasteiger partial charge >= 0.3 is 0 Å². The van der Waals surface area contributed by atoms with Crippen molar-refractivity contribution < 1.29 is 4.74 Å². The highest BCUT2D eigenvalue weighted by Crippen LogP contribution is 2.33. The van der Waals surface area contributed by atoms with Crippen LogP contribution in [0.2, 0.25) is 0 Å². The number of nitrogens with two attached hydrogens (primary N) is 1. The maximum atomic E-state index is 6.34. The molecule has 4 N–H and O–H groups in total. The van der Waals surface area contributed by atoms with Crippen LogP contribution in [-0.2, 0) is 0 Å². The Bertz CT molecular complexity index is 1140. The molecular formula is C21H20N6O. The van der Waals surface area contributed by atoms with Gasteiger partial charge in [-0.1, -0.05) is 24.3 Å². The second-order valence-electron chi connectivity index (χ2n) is 6.32. The first kappa shape index (κ1) is 17.5. The van der Waals surface area contributed by atoms with Crippen LogP contribution >= 0.6 is 0 Å². The first-order valence-electron chi connectivity index (χ1n) is 8.78. The molecule has 0 saturated heterocycles. The van der Waals surface area contributed by atoms with Crippen LogP contribution in [0.5, 0.6) is 5.75 Å². The predicted molar refractivity (Wildman–Crippen MR) is 112 cm³/mol. The van der Waals surface area contributed by atoms with Gasteiger partial charge in [0.25, 0.3) is 0 Å². The molecule has 0 spiro atoms. The number of nitrogens with one attached hydrogen (secondary N) is 2. The summed E-state index contributed by atoms with van der Waals surface area (Å²) in [5, 5.41) is 7.54. The van der Waals surface area contributed by atoms with Gasteiger partial charge in [0.05, 0.1) is 24.0 Å². The standard InChI is InChI=1S/C21H20N6O/c1-13-8-9-17(28-2)16(11-13)27-21-18(22)20(24-12-25-21)26-15-7-3-5-14-6-4-10-23-19(14)15/h3-12H,22H2,1-2H3,(H2,24,25,26,27). The Hall–Kier alpha value is -3.87. The molecule has 0 bridgehead atoms. The maximum absolute atomic E-state index is 6.34. The van der Waals surface area contributed by atoms with Crippen molar-refractivity contribution in [2.75, 3.05) is 23.5 Å². The van der Waals surface area contributed by atoms with Crippen molar-refractivity contribution in [2.24, 2.45) is 0 Å². The number of pyridine rings is 1. The van der Waals surface area contributed by atoms with Crippen LogP contribution in [0.25, 0.3) is 10.9 Å². The minimum Gasteiger partial charge on any atom is -0.495 e. The van der Waals surface area contributed by atoms with Gasteiger partial charge in [-0.05, 0) is 36.8 Å². The summed E-state index contributed by atoms with van der Waals surface area (Å²) >= 11 is 0. The zero-order chi connectivity index (χ0) is 19.5. The van der Waals surface area contributed by atoms with E-state index in [1.54, 1.807) is 13.3 Å². The van der Waals surface area contributed by atoms with Gasteiger partial charge < -0.3 is 21.1 Å². The lowest BCUT2D eigenvalue weighted by atomic mass is 10.2. The Labute approximate surface area is 162 Å². The Morgan fingerprint density at radius 2 is 1.64 bits per heavy atom. The van der Waals surface area contributed by atoms with Crippen LogP contribution in [0.3, 0.4) is 0 Å². The quantitative estimate of drug-likeness (QED) is 0.477. The van der Waals surface area contributed by atoms with Crippen LogP contribution in [0.4, 0.5) is 28.7 Å². The van der Waals surface area contributed by atoms with Crippen LogP contribution in [-0.4, -0.2) is 22.1 Å². The summed E-state index contributed by atoms with van der Waals surface area (Å²) in [5.41, 5.74) is 10.3. The van der Waals surface area contributed by atoms with Gasteiger partial charge in [-0.3, -0.25) is 4.98 Å². The van der Waals surface area contributed by atoms with Crippen molar-refractivity contribution in [3.05, 3.63) is 66.6 Å². The number of nitrogen functional groups attached to an aromatic ring is 1. The number of methoxy groups -OCH3 is 1. The molecule has 0 amide bonds. The molecule has 0 fully saturated rings. The van der Waals surface area contributed by atoms with E-state index in [1.165, 1.54) is 6.33 Å². The fraction of sp³-hybridized carbons (Fsp3) is 0.0952. The number of nitrogens with zero attached hydrogens (tertiary/aromatic N) is 3. The van der Waals surface area contributed by atoms with E-state index >= 15 is 0 Å². The van der Waals surface area contributed by atoms with Crippen molar-refractivity contribution >= 4 is 39.6 Å². The molecule has 0 aliphatic heterocycles. The van der Waals surface area contributed by atoms with E-state index in [9.17, 15) is 0 Å². The molecule has 0 aliphatic rings. The highest BCUT2D eigenvalue weighted by molar-refractivity contribution is 5.93. The van der Waals surface area contributed by atoms with E-state index in [-0.39, 0.29) is 0 Å². The lowest BCUT2D eigenvalue weighted by molar-refractivity contribution is 0.416. The molecule has 4 aromatic rings. The number of anilines is 5. The Morgan fingerprint density at radius 1 is 0.893 bits per heavy atom. The van der Waals surface area contributed by atoms with Crippen LogP contribution in [0, 0.1) is 6.92 Å². The topological polar surface area (TPSA) is 98.0 Å². The monoisotopic (exact) mass is 372 g/mol. The third-order valence-electron chi connectivity index (χ3n) is 4.38. The third-order valence-corrected chi connectivity index (χ3v) is 4.38. The van der Waals surface area contributed by atoms with Gasteiger partial charge in [0, 0.05) is 11.6 Å². The molecule has 7 heteroatoms. The normalized spacial score (nSPS) is 10.6. The number of hydrogen-bond acceptors (Lipinski definition) is 7. The van der Waals surface area contributed by atoms with Crippen LogP contribution in [0.15, 0.2) is 61.1 Å². The van der Waals surface area contributed by atoms with Gasteiger partial charge in [-0.2, -0.15) is 0 Å². The van der Waals surface area contributed by atoms with Crippen molar-refractivity contribution in [1.82, 2.24) is 15.0 Å². The number of aromatic nitrogens is 3. The third kappa shape index (κ3) is 3.37. The van der Waals surface area contributed by atoms with E-state index in [0.29, 0.717) is 23.1 Å². The van der Waals surface area contributed by atoms with Crippen molar-refractivity contribution in [2.45, 2.75) is 6.92 Å². The van der Waals surface area contributed by atoms with Gasteiger partial charge in [0.15, 0.2) is 11.6 Å².